The number of anilines is 6. The maximum Gasteiger partial charge on any atom is 0.0462 e. The molecule has 402 valence electrons. The topological polar surface area (TPSA) is 6.48 Å². The number of nitrogens with zero attached hydrogens (tertiary/aromatic N) is 2. The van der Waals surface area contributed by atoms with Crippen LogP contribution in [0, 0.1) is 13.8 Å². The van der Waals surface area contributed by atoms with Crippen molar-refractivity contribution in [3.8, 4) is 11.1 Å². The van der Waals surface area contributed by atoms with Crippen molar-refractivity contribution in [3.63, 3.8) is 0 Å². The van der Waals surface area contributed by atoms with Crippen LogP contribution < -0.4 is 9.80 Å². The van der Waals surface area contributed by atoms with Crippen molar-refractivity contribution in [2.45, 2.75) is 13.8 Å². The molecule has 0 saturated carbocycles. The molecule has 0 N–H and O–H groups in total. The van der Waals surface area contributed by atoms with E-state index >= 15 is 0 Å². The van der Waals surface area contributed by atoms with E-state index in [2.05, 4.69) is 376 Å². The van der Waals surface area contributed by atoms with Crippen molar-refractivity contribution >= 4 is 81.7 Å². The molecule has 0 aliphatic heterocycles. The Morgan fingerprint density at radius 3 is 0.655 bits per heavy atom. The Hall–Kier alpha value is -10.8. The fourth-order valence-electron chi connectivity index (χ4n) is 10.6. The summed E-state index contributed by atoms with van der Waals surface area (Å²) in [6, 6.07) is 113. The zero-order valence-corrected chi connectivity index (χ0v) is 47.4. The van der Waals surface area contributed by atoms with Crippen molar-refractivity contribution in [1.29, 1.82) is 0 Å². The molecule has 0 radical (unpaired) electrons. The van der Waals surface area contributed by atoms with Crippen LogP contribution in [0.15, 0.2) is 315 Å². The third kappa shape index (κ3) is 13.2. The summed E-state index contributed by atoms with van der Waals surface area (Å²) in [6.07, 6.45) is 13.3. The molecule has 12 aromatic carbocycles. The summed E-state index contributed by atoms with van der Waals surface area (Å²) >= 11 is 0. The van der Waals surface area contributed by atoms with Gasteiger partial charge in [0.2, 0.25) is 0 Å². The highest BCUT2D eigenvalue weighted by atomic mass is 15.1. The summed E-state index contributed by atoms with van der Waals surface area (Å²) in [5.74, 6) is 0. The molecular weight excluding hydrogens is 1010 g/mol. The Morgan fingerprint density at radius 2 is 0.417 bits per heavy atom. The van der Waals surface area contributed by atoms with Crippen LogP contribution in [0.25, 0.3) is 58.7 Å². The van der Waals surface area contributed by atoms with E-state index in [4.69, 9.17) is 0 Å². The van der Waals surface area contributed by atoms with Gasteiger partial charge in [0, 0.05) is 34.1 Å². The number of aryl methyl sites for hydroxylation is 2. The Kier molecular flexibility index (Phi) is 16.5. The van der Waals surface area contributed by atoms with Crippen LogP contribution in [0.5, 0.6) is 0 Å². The van der Waals surface area contributed by atoms with Gasteiger partial charge in [0.1, 0.15) is 0 Å². The molecule has 0 aromatic heterocycles. The predicted octanol–water partition coefficient (Wildman–Crippen LogP) is 22.4. The first-order valence-electron chi connectivity index (χ1n) is 28.8. The molecule has 0 fully saturated rings. The van der Waals surface area contributed by atoms with Crippen molar-refractivity contribution in [2.24, 2.45) is 0 Å². The Bertz CT molecular complexity index is 3820. The third-order valence-electron chi connectivity index (χ3n) is 15.2. The number of hydrogen-bond donors (Lipinski definition) is 0. The van der Waals surface area contributed by atoms with Crippen LogP contribution in [0.2, 0.25) is 0 Å². The van der Waals surface area contributed by atoms with E-state index in [0.29, 0.717) is 0 Å². The van der Waals surface area contributed by atoms with Gasteiger partial charge in [0.25, 0.3) is 0 Å². The standard InChI is InChI=1S/C82H64N2/c1-61-23-47-75(48-24-61)83(79-55-39-67(40-56-79)59-81(71-15-7-3-8-16-71)72-17-9-4-10-18-72)77-51-35-65(36-52-77)29-27-63-31-43-69(44-32-63)70-45-33-64(34-46-70)28-30-66-37-53-78(54-38-66)84(76-49-25-62(2)26-50-76)80-57-41-68(42-58-80)60-82(73-19-11-5-12-20-73)74-21-13-6-14-22-74/h3-60H,1-2H3. The molecule has 2 heteroatoms. The largest absolute Gasteiger partial charge is 0.311 e. The average Bonchev–Trinajstić information content (AvgIpc) is 3.54. The number of benzene rings is 12. The first-order valence-corrected chi connectivity index (χ1v) is 28.8. The maximum atomic E-state index is 2.32. The lowest BCUT2D eigenvalue weighted by Gasteiger charge is -2.26. The van der Waals surface area contributed by atoms with Gasteiger partial charge in [-0.05, 0) is 177 Å². The first kappa shape index (κ1) is 53.8. The molecule has 0 spiro atoms. The molecule has 0 saturated heterocycles. The van der Waals surface area contributed by atoms with Gasteiger partial charge in [-0.15, -0.1) is 0 Å². The first-order chi connectivity index (χ1) is 41.4. The quantitative estimate of drug-likeness (QED) is 0.0839. The van der Waals surface area contributed by atoms with Crippen LogP contribution in [0.3, 0.4) is 0 Å². The minimum Gasteiger partial charge on any atom is -0.311 e. The monoisotopic (exact) mass is 1080 g/mol. The fourth-order valence-corrected chi connectivity index (χ4v) is 10.6. The third-order valence-corrected chi connectivity index (χ3v) is 15.2. The van der Waals surface area contributed by atoms with Crippen LogP contribution in [-0.4, -0.2) is 0 Å². The molecule has 0 atom stereocenters. The Balaban J connectivity index is 0.699. The zero-order chi connectivity index (χ0) is 56.9. The average molecular weight is 1080 g/mol. The second-order valence-electron chi connectivity index (χ2n) is 21.2. The van der Waals surface area contributed by atoms with E-state index in [1.165, 1.54) is 55.7 Å². The van der Waals surface area contributed by atoms with Crippen molar-refractivity contribution in [2.75, 3.05) is 9.80 Å². The minimum atomic E-state index is 1.10. The smallest absolute Gasteiger partial charge is 0.0462 e. The molecule has 0 bridgehead atoms. The minimum absolute atomic E-state index is 1.10. The van der Waals surface area contributed by atoms with Gasteiger partial charge < -0.3 is 9.80 Å². The lowest BCUT2D eigenvalue weighted by Crippen LogP contribution is -2.09. The van der Waals surface area contributed by atoms with Crippen molar-refractivity contribution in [3.05, 3.63) is 382 Å². The summed E-state index contributed by atoms with van der Waals surface area (Å²) in [7, 11) is 0. The Labute approximate surface area is 495 Å². The van der Waals surface area contributed by atoms with Gasteiger partial charge in [-0.2, -0.15) is 0 Å². The van der Waals surface area contributed by atoms with Crippen LogP contribution in [-0.2, 0) is 0 Å². The highest BCUT2D eigenvalue weighted by molar-refractivity contribution is 5.93. The molecule has 0 aliphatic carbocycles. The molecule has 84 heavy (non-hydrogen) atoms. The molecule has 2 nitrogen and oxygen atoms in total. The lowest BCUT2D eigenvalue weighted by molar-refractivity contribution is 1.27. The summed E-state index contributed by atoms with van der Waals surface area (Å²) in [6.45, 7) is 4.26. The summed E-state index contributed by atoms with van der Waals surface area (Å²) < 4.78 is 0. The lowest BCUT2D eigenvalue weighted by atomic mass is 9.95. The van der Waals surface area contributed by atoms with Gasteiger partial charge >= 0.3 is 0 Å². The Morgan fingerprint density at radius 1 is 0.214 bits per heavy atom. The maximum absolute atomic E-state index is 2.32. The SMILES string of the molecule is Cc1ccc(N(c2ccc(C=Cc3ccc(-c4ccc(C=Cc5ccc(N(c6ccc(C)cc6)c6ccc(C=C(c7ccccc7)c7ccccc7)cc6)cc5)cc4)cc3)cc2)c2ccc(C=C(c3ccccc3)c3ccccc3)cc2)cc1. The van der Waals surface area contributed by atoms with Gasteiger partial charge in [0.15, 0.2) is 0 Å². The molecule has 0 heterocycles. The second-order valence-corrected chi connectivity index (χ2v) is 21.2. The van der Waals surface area contributed by atoms with E-state index in [1.807, 2.05) is 0 Å². The summed E-state index contributed by atoms with van der Waals surface area (Å²) in [5.41, 5.74) is 25.5. The highest BCUT2D eigenvalue weighted by Gasteiger charge is 2.15. The van der Waals surface area contributed by atoms with E-state index < -0.39 is 0 Å². The van der Waals surface area contributed by atoms with Crippen LogP contribution in [0.4, 0.5) is 34.1 Å². The molecule has 12 rings (SSSR count). The number of rotatable bonds is 17. The van der Waals surface area contributed by atoms with Crippen molar-refractivity contribution < 1.29 is 0 Å². The molecule has 0 amide bonds. The molecule has 12 aromatic rings. The van der Waals surface area contributed by atoms with E-state index in [1.54, 1.807) is 0 Å². The van der Waals surface area contributed by atoms with Gasteiger partial charge in [0.05, 0.1) is 0 Å². The normalized spacial score (nSPS) is 11.1. The van der Waals surface area contributed by atoms with Gasteiger partial charge in [-0.3, -0.25) is 0 Å². The van der Waals surface area contributed by atoms with E-state index in [0.717, 1.165) is 67.5 Å². The van der Waals surface area contributed by atoms with Crippen LogP contribution >= 0.6 is 0 Å². The molecule has 0 unspecified atom stereocenters. The molecular formula is C82H64N2. The second kappa shape index (κ2) is 25.8. The van der Waals surface area contributed by atoms with E-state index in [9.17, 15) is 0 Å². The zero-order valence-electron chi connectivity index (χ0n) is 47.4. The van der Waals surface area contributed by atoms with E-state index in [-0.39, 0.29) is 0 Å². The predicted molar refractivity (Wildman–Crippen MR) is 361 cm³/mol. The highest BCUT2D eigenvalue weighted by Crippen LogP contribution is 2.38. The van der Waals surface area contributed by atoms with Crippen LogP contribution in [0.1, 0.15) is 66.8 Å². The summed E-state index contributed by atoms with van der Waals surface area (Å²) in [4.78, 5) is 4.65. The van der Waals surface area contributed by atoms with Gasteiger partial charge in [-0.1, -0.05) is 278 Å². The van der Waals surface area contributed by atoms with Gasteiger partial charge in [-0.25, -0.2) is 0 Å². The van der Waals surface area contributed by atoms with Crippen molar-refractivity contribution in [1.82, 2.24) is 0 Å². The number of hydrogen-bond acceptors (Lipinski definition) is 2. The fraction of sp³-hybridized carbons (Fsp3) is 0.0244. The summed E-state index contributed by atoms with van der Waals surface area (Å²) in [5, 5.41) is 0. The molecule has 0 aliphatic rings.